The lowest BCUT2D eigenvalue weighted by atomic mass is 10.1. The van der Waals surface area contributed by atoms with Crippen molar-refractivity contribution in [3.63, 3.8) is 0 Å². The van der Waals surface area contributed by atoms with Crippen LogP contribution in [-0.2, 0) is 6.54 Å². The highest BCUT2D eigenvalue weighted by molar-refractivity contribution is 5.99. The van der Waals surface area contributed by atoms with Gasteiger partial charge in [0.05, 0.1) is 16.2 Å². The third-order valence-electron chi connectivity index (χ3n) is 5.62. The highest BCUT2D eigenvalue weighted by atomic mass is 19.2. The predicted molar refractivity (Wildman–Crippen MR) is 138 cm³/mol. The second kappa shape index (κ2) is 11.3. The summed E-state index contributed by atoms with van der Waals surface area (Å²) >= 11 is 0. The van der Waals surface area contributed by atoms with Crippen molar-refractivity contribution in [1.82, 2.24) is 10.3 Å². The maximum atomic E-state index is 13.5. The van der Waals surface area contributed by atoms with Gasteiger partial charge >= 0.3 is 0 Å². The van der Waals surface area contributed by atoms with Gasteiger partial charge in [-0.2, -0.15) is 0 Å². The number of aromatic nitrogens is 1. The molecule has 3 aromatic carbocycles. The summed E-state index contributed by atoms with van der Waals surface area (Å²) in [7, 11) is 0. The Labute approximate surface area is 216 Å². The Morgan fingerprint density at radius 2 is 1.87 bits per heavy atom. The van der Waals surface area contributed by atoms with Gasteiger partial charge in [-0.05, 0) is 55.0 Å². The van der Waals surface area contributed by atoms with Gasteiger partial charge < -0.3 is 20.7 Å². The lowest BCUT2D eigenvalue weighted by Gasteiger charge is -2.26. The van der Waals surface area contributed by atoms with Crippen LogP contribution in [0, 0.1) is 21.7 Å². The minimum atomic E-state index is -0.998. The summed E-state index contributed by atoms with van der Waals surface area (Å²) in [4.78, 5) is 29.8. The fourth-order valence-electron chi connectivity index (χ4n) is 3.81. The van der Waals surface area contributed by atoms with Crippen LogP contribution in [0.25, 0.3) is 0 Å². The number of hydrogen-bond acceptors (Lipinski definition) is 7. The van der Waals surface area contributed by atoms with Crippen molar-refractivity contribution >= 4 is 28.8 Å². The number of para-hydroxylation sites is 2. The maximum absolute atomic E-state index is 13.5. The van der Waals surface area contributed by atoms with Crippen LogP contribution < -0.4 is 20.7 Å². The first-order valence-corrected chi connectivity index (χ1v) is 11.5. The molecule has 194 valence electrons. The molecule has 4 aromatic rings. The van der Waals surface area contributed by atoms with Crippen molar-refractivity contribution < 1.29 is 23.2 Å². The Kier molecular flexibility index (Phi) is 7.76. The summed E-state index contributed by atoms with van der Waals surface area (Å²) in [6, 6.07) is 17.7. The van der Waals surface area contributed by atoms with E-state index in [1.165, 1.54) is 24.3 Å². The number of ether oxygens (including phenoxy) is 1. The molecular weight excluding hydrogens is 496 g/mol. The molecule has 0 spiro atoms. The van der Waals surface area contributed by atoms with E-state index < -0.39 is 22.5 Å². The fourth-order valence-corrected chi connectivity index (χ4v) is 3.81. The zero-order chi connectivity index (χ0) is 27.2. The number of amides is 1. The molecule has 1 amide bonds. The van der Waals surface area contributed by atoms with E-state index in [9.17, 15) is 23.7 Å². The van der Waals surface area contributed by atoms with Crippen molar-refractivity contribution in [1.29, 1.82) is 0 Å². The molecule has 0 aliphatic rings. The first kappa shape index (κ1) is 26.0. The number of hydrogen-bond donors (Lipinski definition) is 2. The van der Waals surface area contributed by atoms with Crippen molar-refractivity contribution in [2.45, 2.75) is 13.5 Å². The number of nitro benzene ring substituents is 1. The molecule has 0 aliphatic heterocycles. The number of nitrogens with two attached hydrogens (primary N) is 1. The molecule has 0 aliphatic carbocycles. The zero-order valence-electron chi connectivity index (χ0n) is 20.2. The van der Waals surface area contributed by atoms with Gasteiger partial charge in [-0.3, -0.25) is 14.9 Å². The fraction of sp³-hybridized carbons (Fsp3) is 0.111. The second-order valence-corrected chi connectivity index (χ2v) is 8.10. The average molecular weight is 520 g/mol. The number of benzene rings is 3. The van der Waals surface area contributed by atoms with Gasteiger partial charge in [0.25, 0.3) is 11.6 Å². The maximum Gasteiger partial charge on any atom is 0.292 e. The van der Waals surface area contributed by atoms with Crippen LogP contribution in [0.2, 0.25) is 0 Å². The SMILES string of the molecule is CCN(c1ccccc1Oc1ccc([N+](=O)[O-])c(N)c1)c1ncccc1C(=O)NCc1ccc(F)c(F)c1. The second-order valence-electron chi connectivity index (χ2n) is 8.10. The van der Waals surface area contributed by atoms with Crippen LogP contribution in [0.5, 0.6) is 11.5 Å². The normalized spacial score (nSPS) is 10.6. The number of pyridine rings is 1. The Hall–Kier alpha value is -5.06. The van der Waals surface area contributed by atoms with Gasteiger partial charge in [0, 0.05) is 31.4 Å². The van der Waals surface area contributed by atoms with Gasteiger partial charge in [0.15, 0.2) is 17.4 Å². The number of rotatable bonds is 9. The molecule has 3 N–H and O–H groups in total. The molecule has 0 fully saturated rings. The first-order valence-electron chi connectivity index (χ1n) is 11.5. The van der Waals surface area contributed by atoms with Gasteiger partial charge in [-0.1, -0.05) is 18.2 Å². The lowest BCUT2D eigenvalue weighted by Crippen LogP contribution is -2.27. The quantitative estimate of drug-likeness (QED) is 0.164. The minimum Gasteiger partial charge on any atom is -0.455 e. The molecule has 38 heavy (non-hydrogen) atoms. The van der Waals surface area contributed by atoms with E-state index in [0.717, 1.165) is 12.1 Å². The summed E-state index contributed by atoms with van der Waals surface area (Å²) < 4.78 is 32.8. The van der Waals surface area contributed by atoms with Crippen molar-refractivity contribution in [2.75, 3.05) is 17.2 Å². The topological polar surface area (TPSA) is 124 Å². The molecule has 9 nitrogen and oxygen atoms in total. The summed E-state index contributed by atoms with van der Waals surface area (Å²) in [5, 5.41) is 13.8. The molecule has 4 rings (SSSR count). The zero-order valence-corrected chi connectivity index (χ0v) is 20.2. The summed E-state index contributed by atoms with van der Waals surface area (Å²) in [5.74, 6) is -1.38. The molecule has 0 saturated heterocycles. The third kappa shape index (κ3) is 5.67. The highest BCUT2D eigenvalue weighted by Gasteiger charge is 2.21. The Morgan fingerprint density at radius 3 is 2.58 bits per heavy atom. The monoisotopic (exact) mass is 519 g/mol. The number of nitrogens with one attached hydrogen (secondary N) is 1. The van der Waals surface area contributed by atoms with E-state index in [1.54, 1.807) is 47.5 Å². The number of carbonyl (C=O) groups excluding carboxylic acids is 1. The molecule has 11 heteroatoms. The van der Waals surface area contributed by atoms with Crippen molar-refractivity contribution in [3.05, 3.63) is 112 Å². The Balaban J connectivity index is 1.61. The molecule has 0 atom stereocenters. The highest BCUT2D eigenvalue weighted by Crippen LogP contribution is 2.38. The number of anilines is 3. The number of nitro groups is 1. The molecule has 0 radical (unpaired) electrons. The number of nitrogen functional groups attached to an aromatic ring is 1. The average Bonchev–Trinajstić information content (AvgIpc) is 2.90. The summed E-state index contributed by atoms with van der Waals surface area (Å²) in [6.45, 7) is 2.26. The molecule has 0 bridgehead atoms. The number of carbonyl (C=O) groups is 1. The molecule has 0 unspecified atom stereocenters. The molecule has 1 aromatic heterocycles. The summed E-state index contributed by atoms with van der Waals surface area (Å²) in [6.07, 6.45) is 1.55. The van der Waals surface area contributed by atoms with Crippen molar-refractivity contribution in [3.8, 4) is 11.5 Å². The minimum absolute atomic E-state index is 0.0161. The van der Waals surface area contributed by atoms with E-state index in [2.05, 4.69) is 10.3 Å². The standard InChI is InChI=1S/C27H23F2N5O4/c1-2-33(24-7-3-4-8-25(24)38-18-10-12-23(34(36)37)22(30)15-18)26-19(6-5-13-31-26)27(35)32-16-17-9-11-20(28)21(29)14-17/h3-15H,2,16,30H2,1H3,(H,32,35). The van der Waals surface area contributed by atoms with E-state index in [1.807, 2.05) is 6.92 Å². The number of nitrogens with zero attached hydrogens (tertiary/aromatic N) is 3. The smallest absolute Gasteiger partial charge is 0.292 e. The van der Waals surface area contributed by atoms with Gasteiger partial charge in [-0.25, -0.2) is 13.8 Å². The van der Waals surface area contributed by atoms with Crippen LogP contribution in [0.3, 0.4) is 0 Å². The predicted octanol–water partition coefficient (Wildman–Crippen LogP) is 5.73. The summed E-state index contributed by atoms with van der Waals surface area (Å²) in [5.41, 5.74) is 6.77. The molecule has 1 heterocycles. The van der Waals surface area contributed by atoms with E-state index >= 15 is 0 Å². The largest absolute Gasteiger partial charge is 0.455 e. The number of halogens is 2. The van der Waals surface area contributed by atoms with Crippen LogP contribution in [0.15, 0.2) is 79.0 Å². The Bertz CT molecular complexity index is 1500. The van der Waals surface area contributed by atoms with Gasteiger partial charge in [0.1, 0.15) is 17.3 Å². The first-order chi connectivity index (χ1) is 18.3. The Morgan fingerprint density at radius 1 is 1.08 bits per heavy atom. The van der Waals surface area contributed by atoms with Crippen LogP contribution >= 0.6 is 0 Å². The third-order valence-corrected chi connectivity index (χ3v) is 5.62. The van der Waals surface area contributed by atoms with Gasteiger partial charge in [-0.15, -0.1) is 0 Å². The van der Waals surface area contributed by atoms with Crippen LogP contribution in [-0.4, -0.2) is 22.4 Å². The van der Waals surface area contributed by atoms with Gasteiger partial charge in [0.2, 0.25) is 0 Å². The van der Waals surface area contributed by atoms with E-state index in [-0.39, 0.29) is 23.5 Å². The van der Waals surface area contributed by atoms with Crippen LogP contribution in [0.4, 0.5) is 31.7 Å². The molecule has 0 saturated carbocycles. The van der Waals surface area contributed by atoms with E-state index in [4.69, 9.17) is 10.5 Å². The van der Waals surface area contributed by atoms with E-state index in [0.29, 0.717) is 35.1 Å². The van der Waals surface area contributed by atoms with Crippen molar-refractivity contribution in [2.24, 2.45) is 0 Å². The lowest BCUT2D eigenvalue weighted by molar-refractivity contribution is -0.383. The molecular formula is C27H23F2N5O4. The van der Waals surface area contributed by atoms with Crippen LogP contribution in [0.1, 0.15) is 22.8 Å².